The molecule has 0 aliphatic heterocycles. The number of rotatable bonds is 6. The SMILES string of the molecule is CNCCCc1nnc(-c2ccc(S(C)(=O)=O)cc2)o1. The van der Waals surface area contributed by atoms with Gasteiger partial charge in [0, 0.05) is 18.2 Å². The average molecular weight is 295 g/mol. The summed E-state index contributed by atoms with van der Waals surface area (Å²) in [5.74, 6) is 0.993. The summed E-state index contributed by atoms with van der Waals surface area (Å²) in [6.45, 7) is 0.890. The van der Waals surface area contributed by atoms with Crippen molar-refractivity contribution >= 4 is 9.84 Å². The summed E-state index contributed by atoms with van der Waals surface area (Å²) in [7, 11) is -1.29. The predicted molar refractivity (Wildman–Crippen MR) is 75.1 cm³/mol. The van der Waals surface area contributed by atoms with Gasteiger partial charge in [-0.05, 0) is 44.3 Å². The van der Waals surface area contributed by atoms with Crippen molar-refractivity contribution in [2.45, 2.75) is 17.7 Å². The zero-order valence-electron chi connectivity index (χ0n) is 11.5. The van der Waals surface area contributed by atoms with Gasteiger partial charge >= 0.3 is 0 Å². The van der Waals surface area contributed by atoms with Crippen LogP contribution in [0.1, 0.15) is 12.3 Å². The minimum absolute atomic E-state index is 0.273. The van der Waals surface area contributed by atoms with E-state index >= 15 is 0 Å². The maximum atomic E-state index is 11.4. The van der Waals surface area contributed by atoms with Gasteiger partial charge in [-0.15, -0.1) is 10.2 Å². The zero-order chi connectivity index (χ0) is 14.6. The van der Waals surface area contributed by atoms with E-state index in [0.29, 0.717) is 17.3 Å². The van der Waals surface area contributed by atoms with Crippen molar-refractivity contribution in [2.75, 3.05) is 19.8 Å². The normalized spacial score (nSPS) is 11.7. The third-order valence-electron chi connectivity index (χ3n) is 2.81. The molecule has 7 heteroatoms. The van der Waals surface area contributed by atoms with E-state index in [4.69, 9.17) is 4.42 Å². The summed E-state index contributed by atoms with van der Waals surface area (Å²) in [6, 6.07) is 6.41. The molecule has 0 bridgehead atoms. The molecule has 0 unspecified atom stereocenters. The molecule has 2 rings (SSSR count). The number of aromatic nitrogens is 2. The Balaban J connectivity index is 2.12. The highest BCUT2D eigenvalue weighted by molar-refractivity contribution is 7.90. The Kier molecular flexibility index (Phi) is 4.51. The van der Waals surface area contributed by atoms with Gasteiger partial charge in [0.05, 0.1) is 4.90 Å². The van der Waals surface area contributed by atoms with Gasteiger partial charge in [-0.3, -0.25) is 0 Å². The molecular weight excluding hydrogens is 278 g/mol. The Morgan fingerprint density at radius 1 is 1.20 bits per heavy atom. The minimum Gasteiger partial charge on any atom is -0.421 e. The molecule has 0 fully saturated rings. The molecular formula is C13H17N3O3S. The summed E-state index contributed by atoms with van der Waals surface area (Å²) in [5.41, 5.74) is 0.713. The standard InChI is InChI=1S/C13H17N3O3S/c1-14-9-3-4-12-15-16-13(19-12)10-5-7-11(8-6-10)20(2,17)18/h5-8,14H,3-4,9H2,1-2H3. The molecule has 0 aliphatic rings. The van der Waals surface area contributed by atoms with Gasteiger partial charge in [0.25, 0.3) is 0 Å². The Bertz CT molecular complexity index is 662. The second-order valence-electron chi connectivity index (χ2n) is 4.50. The molecule has 1 aromatic heterocycles. The first-order valence-electron chi connectivity index (χ1n) is 6.28. The number of benzene rings is 1. The second kappa shape index (κ2) is 6.15. The van der Waals surface area contributed by atoms with Gasteiger partial charge in [0.1, 0.15) is 0 Å². The predicted octanol–water partition coefficient (Wildman–Crippen LogP) is 1.29. The van der Waals surface area contributed by atoms with Crippen LogP contribution in [0.3, 0.4) is 0 Å². The number of hydrogen-bond donors (Lipinski definition) is 1. The average Bonchev–Trinajstić information content (AvgIpc) is 2.87. The number of nitrogens with zero attached hydrogens (tertiary/aromatic N) is 2. The lowest BCUT2D eigenvalue weighted by atomic mass is 10.2. The largest absolute Gasteiger partial charge is 0.421 e. The Morgan fingerprint density at radius 2 is 1.90 bits per heavy atom. The molecule has 0 saturated carbocycles. The van der Waals surface area contributed by atoms with Crippen LogP contribution in [-0.4, -0.2) is 38.5 Å². The van der Waals surface area contributed by atoms with E-state index < -0.39 is 9.84 Å². The second-order valence-corrected chi connectivity index (χ2v) is 6.52. The molecule has 1 heterocycles. The van der Waals surface area contributed by atoms with Crippen LogP contribution >= 0.6 is 0 Å². The molecule has 0 aliphatic carbocycles. The topological polar surface area (TPSA) is 85.1 Å². The van der Waals surface area contributed by atoms with E-state index in [2.05, 4.69) is 15.5 Å². The first-order valence-corrected chi connectivity index (χ1v) is 8.17. The molecule has 0 atom stereocenters. The molecule has 20 heavy (non-hydrogen) atoms. The van der Waals surface area contributed by atoms with E-state index in [1.807, 2.05) is 7.05 Å². The molecule has 0 spiro atoms. The van der Waals surface area contributed by atoms with E-state index in [0.717, 1.165) is 19.4 Å². The molecule has 0 saturated heterocycles. The molecule has 1 N–H and O–H groups in total. The van der Waals surface area contributed by atoms with Crippen molar-refractivity contribution in [1.82, 2.24) is 15.5 Å². The van der Waals surface area contributed by atoms with Crippen LogP contribution in [0.25, 0.3) is 11.5 Å². The fourth-order valence-corrected chi connectivity index (χ4v) is 2.36. The third kappa shape index (κ3) is 3.64. The van der Waals surface area contributed by atoms with Crippen molar-refractivity contribution in [3.8, 4) is 11.5 Å². The van der Waals surface area contributed by atoms with E-state index in [-0.39, 0.29) is 4.90 Å². The van der Waals surface area contributed by atoms with Crippen molar-refractivity contribution in [2.24, 2.45) is 0 Å². The molecule has 0 amide bonds. The molecule has 2 aromatic rings. The molecule has 108 valence electrons. The monoisotopic (exact) mass is 295 g/mol. The minimum atomic E-state index is -3.19. The van der Waals surface area contributed by atoms with Crippen molar-refractivity contribution < 1.29 is 12.8 Å². The highest BCUT2D eigenvalue weighted by Gasteiger charge is 2.11. The van der Waals surface area contributed by atoms with Crippen molar-refractivity contribution in [3.05, 3.63) is 30.2 Å². The highest BCUT2D eigenvalue weighted by Crippen LogP contribution is 2.20. The lowest BCUT2D eigenvalue weighted by Crippen LogP contribution is -2.08. The van der Waals surface area contributed by atoms with Crippen LogP contribution in [0.5, 0.6) is 0 Å². The summed E-state index contributed by atoms with van der Waals surface area (Å²) in [4.78, 5) is 0.273. The highest BCUT2D eigenvalue weighted by atomic mass is 32.2. The fraction of sp³-hybridized carbons (Fsp3) is 0.385. The summed E-state index contributed by atoms with van der Waals surface area (Å²) >= 11 is 0. The summed E-state index contributed by atoms with van der Waals surface area (Å²) < 4.78 is 28.3. The van der Waals surface area contributed by atoms with Crippen molar-refractivity contribution in [1.29, 1.82) is 0 Å². The van der Waals surface area contributed by atoms with Crippen molar-refractivity contribution in [3.63, 3.8) is 0 Å². The zero-order valence-corrected chi connectivity index (χ0v) is 12.3. The van der Waals surface area contributed by atoms with Crippen LogP contribution in [-0.2, 0) is 16.3 Å². The van der Waals surface area contributed by atoms with Gasteiger partial charge in [-0.1, -0.05) is 0 Å². The number of sulfone groups is 1. The lowest BCUT2D eigenvalue weighted by Gasteiger charge is -1.99. The number of aryl methyl sites for hydroxylation is 1. The van der Waals surface area contributed by atoms with Crippen LogP contribution in [0.15, 0.2) is 33.6 Å². The number of hydrogen-bond acceptors (Lipinski definition) is 6. The van der Waals surface area contributed by atoms with Crippen LogP contribution in [0.4, 0.5) is 0 Å². The Labute approximate surface area is 118 Å². The smallest absolute Gasteiger partial charge is 0.247 e. The molecule has 0 radical (unpaired) electrons. The van der Waals surface area contributed by atoms with Gasteiger partial charge in [0.2, 0.25) is 11.8 Å². The summed E-state index contributed by atoms with van der Waals surface area (Å²) in [6.07, 6.45) is 2.81. The summed E-state index contributed by atoms with van der Waals surface area (Å²) in [5, 5.41) is 11.0. The third-order valence-corrected chi connectivity index (χ3v) is 3.94. The quantitative estimate of drug-likeness (QED) is 0.808. The first kappa shape index (κ1) is 14.7. The van der Waals surface area contributed by atoms with E-state index in [9.17, 15) is 8.42 Å². The maximum Gasteiger partial charge on any atom is 0.247 e. The van der Waals surface area contributed by atoms with Gasteiger partial charge in [0.15, 0.2) is 9.84 Å². The van der Waals surface area contributed by atoms with Crippen LogP contribution in [0, 0.1) is 0 Å². The van der Waals surface area contributed by atoms with Crippen LogP contribution < -0.4 is 5.32 Å². The fourth-order valence-electron chi connectivity index (χ4n) is 1.73. The van der Waals surface area contributed by atoms with Gasteiger partial charge in [-0.25, -0.2) is 8.42 Å². The molecule has 6 nitrogen and oxygen atoms in total. The molecule has 1 aromatic carbocycles. The Morgan fingerprint density at radius 3 is 2.50 bits per heavy atom. The first-order chi connectivity index (χ1) is 9.50. The number of nitrogens with one attached hydrogen (secondary N) is 1. The van der Waals surface area contributed by atoms with E-state index in [1.54, 1.807) is 12.1 Å². The maximum absolute atomic E-state index is 11.4. The van der Waals surface area contributed by atoms with Crippen LogP contribution in [0.2, 0.25) is 0 Å². The van der Waals surface area contributed by atoms with Gasteiger partial charge in [-0.2, -0.15) is 0 Å². The van der Waals surface area contributed by atoms with E-state index in [1.165, 1.54) is 18.4 Å². The Hall–Kier alpha value is -1.73. The van der Waals surface area contributed by atoms with Gasteiger partial charge < -0.3 is 9.73 Å². The lowest BCUT2D eigenvalue weighted by molar-refractivity contribution is 0.494.